The van der Waals surface area contributed by atoms with E-state index in [1.54, 1.807) is 48.5 Å². The van der Waals surface area contributed by atoms with E-state index in [1.807, 2.05) is 44.8 Å². The SMILES string of the molecule is CC[C@H]1OC(=O)[C@H](C)[C@@H](O[C@H]2C[C@@](C)(OC)[C@@H](O)[C@H](C)O2)[C@H](C)[C@@H](O[C@@H]2O[C@H](C)C[C@H](N(C)C)[C@H]2OCCCNC(=O)c2cn(C)nc2C(F)(F)F)[C@](C)(O)C[C@@H](C)CN(C)[C@H](C)[C@@H](O)[C@]1(C)O. The summed E-state index contributed by atoms with van der Waals surface area (Å²) in [7, 11) is 8.36. The summed E-state index contributed by atoms with van der Waals surface area (Å²) in [5, 5.41) is 53.4. The van der Waals surface area contributed by atoms with Crippen molar-refractivity contribution in [3.63, 3.8) is 0 Å². The van der Waals surface area contributed by atoms with Crippen LogP contribution in [0.2, 0.25) is 0 Å². The molecule has 0 aliphatic carbocycles. The number of esters is 1. The van der Waals surface area contributed by atoms with Crippen molar-refractivity contribution in [3.05, 3.63) is 17.5 Å². The molecule has 3 fully saturated rings. The van der Waals surface area contributed by atoms with E-state index in [0.29, 0.717) is 13.0 Å². The number of hydrogen-bond donors (Lipinski definition) is 5. The zero-order valence-electron chi connectivity index (χ0n) is 42.8. The Morgan fingerprint density at radius 1 is 1.00 bits per heavy atom. The highest BCUT2D eigenvalue weighted by atomic mass is 19.4. The van der Waals surface area contributed by atoms with Crippen molar-refractivity contribution in [2.75, 3.05) is 47.9 Å². The van der Waals surface area contributed by atoms with Crippen LogP contribution in [0.3, 0.4) is 0 Å². The van der Waals surface area contributed by atoms with Crippen molar-refractivity contribution in [2.24, 2.45) is 24.8 Å². The predicted octanol–water partition coefficient (Wildman–Crippen LogP) is 3.50. The van der Waals surface area contributed by atoms with Crippen LogP contribution in [-0.4, -0.2) is 190 Å². The molecule has 1 aromatic rings. The highest BCUT2D eigenvalue weighted by molar-refractivity contribution is 5.95. The van der Waals surface area contributed by atoms with Crippen molar-refractivity contribution in [3.8, 4) is 0 Å². The topological polar surface area (TPSA) is 216 Å². The molecule has 68 heavy (non-hydrogen) atoms. The van der Waals surface area contributed by atoms with Crippen LogP contribution in [0.1, 0.15) is 117 Å². The number of aliphatic hydroxyl groups excluding tert-OH is 2. The van der Waals surface area contributed by atoms with E-state index in [1.165, 1.54) is 21.1 Å². The van der Waals surface area contributed by atoms with Crippen LogP contribution in [0.4, 0.5) is 13.2 Å². The number of nitrogens with one attached hydrogen (secondary N) is 1. The fourth-order valence-corrected chi connectivity index (χ4v) is 10.4. The Bertz CT molecular complexity index is 1790. The van der Waals surface area contributed by atoms with E-state index in [4.69, 9.17) is 33.2 Å². The zero-order chi connectivity index (χ0) is 51.4. The molecule has 0 saturated carbocycles. The molecule has 4 rings (SSSR count). The van der Waals surface area contributed by atoms with E-state index in [9.17, 15) is 43.2 Å². The molecular formula is C47H82F3N5O13. The number of amides is 1. The molecule has 4 heterocycles. The van der Waals surface area contributed by atoms with E-state index < -0.39 is 119 Å². The molecule has 18 nitrogen and oxygen atoms in total. The number of aryl methyl sites for hydroxylation is 1. The fraction of sp³-hybridized carbons (Fsp3) is 0.894. The average Bonchev–Trinajstić information content (AvgIpc) is 3.66. The maximum atomic E-state index is 14.5. The minimum atomic E-state index is -4.82. The third-order valence-corrected chi connectivity index (χ3v) is 14.4. The largest absolute Gasteiger partial charge is 0.459 e. The molecule has 0 aromatic carbocycles. The second-order valence-corrected chi connectivity index (χ2v) is 20.7. The van der Waals surface area contributed by atoms with Gasteiger partial charge in [-0.25, -0.2) is 0 Å². The monoisotopic (exact) mass is 982 g/mol. The summed E-state index contributed by atoms with van der Waals surface area (Å²) in [6.45, 7) is 17.7. The molecule has 3 aliphatic rings. The molecule has 3 aliphatic heterocycles. The first-order chi connectivity index (χ1) is 31.4. The Morgan fingerprint density at radius 3 is 2.24 bits per heavy atom. The van der Waals surface area contributed by atoms with Crippen LogP contribution in [0.15, 0.2) is 6.20 Å². The average molecular weight is 982 g/mol. The lowest BCUT2D eigenvalue weighted by atomic mass is 9.77. The van der Waals surface area contributed by atoms with Gasteiger partial charge < -0.3 is 68.7 Å². The van der Waals surface area contributed by atoms with Gasteiger partial charge in [-0.05, 0) is 101 Å². The summed E-state index contributed by atoms with van der Waals surface area (Å²) in [4.78, 5) is 31.2. The van der Waals surface area contributed by atoms with Crippen LogP contribution in [0.5, 0.6) is 0 Å². The van der Waals surface area contributed by atoms with Gasteiger partial charge >= 0.3 is 12.1 Å². The standard InChI is InChI=1S/C47H82F3N5O13/c1-16-33-46(10,61)38(56)29(6)54(13)23-25(2)21-44(8,60)40(27(4)35(28(5)42(59)66-33)67-34-22-45(9,62-15)39(57)30(7)65-34)68-43-36(32(53(11)12)20-26(3)64-43)63-19-17-18-51-41(58)31-24-55(14)52-37(31)47(48,49)50/h24-30,32-36,38-40,43,56-57,60-61H,16-23H2,1-15H3,(H,51,58)/t25-,26-,27+,28-,29-,30+,32+,33-,34+,35+,36-,38-,39+,40-,43+,44-,45-,46-/m1/s1. The molecule has 5 N–H and O–H groups in total. The van der Waals surface area contributed by atoms with Gasteiger partial charge in [-0.2, -0.15) is 18.3 Å². The number of nitrogens with zero attached hydrogens (tertiary/aromatic N) is 4. The molecule has 0 bridgehead atoms. The summed E-state index contributed by atoms with van der Waals surface area (Å²) in [6.07, 6.45) is -12.5. The molecular weight excluding hydrogens is 900 g/mol. The predicted molar refractivity (Wildman–Crippen MR) is 243 cm³/mol. The third-order valence-electron chi connectivity index (χ3n) is 14.4. The highest BCUT2D eigenvalue weighted by Crippen LogP contribution is 2.41. The van der Waals surface area contributed by atoms with Gasteiger partial charge in [0.2, 0.25) is 0 Å². The van der Waals surface area contributed by atoms with Crippen molar-refractivity contribution < 1.29 is 76.3 Å². The zero-order valence-corrected chi connectivity index (χ0v) is 42.8. The van der Waals surface area contributed by atoms with Gasteiger partial charge in [0.25, 0.3) is 5.91 Å². The van der Waals surface area contributed by atoms with E-state index in [-0.39, 0.29) is 56.9 Å². The lowest BCUT2D eigenvalue weighted by Crippen LogP contribution is -2.61. The lowest BCUT2D eigenvalue weighted by molar-refractivity contribution is -0.321. The quantitative estimate of drug-likeness (QED) is 0.141. The second kappa shape index (κ2) is 23.3. The van der Waals surface area contributed by atoms with E-state index in [2.05, 4.69) is 10.4 Å². The number of aromatic nitrogens is 2. The summed E-state index contributed by atoms with van der Waals surface area (Å²) in [5.74, 6) is -3.86. The van der Waals surface area contributed by atoms with Crippen LogP contribution >= 0.6 is 0 Å². The number of carbonyl (C=O) groups is 2. The maximum absolute atomic E-state index is 14.5. The van der Waals surface area contributed by atoms with Gasteiger partial charge in [0.05, 0.1) is 47.1 Å². The van der Waals surface area contributed by atoms with Crippen LogP contribution in [0.25, 0.3) is 0 Å². The molecule has 1 aromatic heterocycles. The van der Waals surface area contributed by atoms with E-state index in [0.717, 1.165) is 10.9 Å². The van der Waals surface area contributed by atoms with Crippen LogP contribution < -0.4 is 5.32 Å². The Hall–Kier alpha value is -2.54. The normalized spacial score (nSPS) is 40.9. The summed E-state index contributed by atoms with van der Waals surface area (Å²) in [5.41, 5.74) is -6.51. The first-order valence-corrected chi connectivity index (χ1v) is 24.0. The number of alkyl halides is 3. The molecule has 0 radical (unpaired) electrons. The summed E-state index contributed by atoms with van der Waals surface area (Å²) < 4.78 is 86.7. The van der Waals surface area contributed by atoms with Crippen molar-refractivity contribution in [2.45, 2.75) is 198 Å². The Labute approximate surface area is 400 Å². The van der Waals surface area contributed by atoms with Crippen molar-refractivity contribution in [1.29, 1.82) is 0 Å². The molecule has 21 heteroatoms. The smallest absolute Gasteiger partial charge is 0.435 e. The number of likely N-dealkylation sites (N-methyl/N-ethyl adjacent to an activating group) is 2. The summed E-state index contributed by atoms with van der Waals surface area (Å²) >= 11 is 0. The van der Waals surface area contributed by atoms with Crippen molar-refractivity contribution in [1.82, 2.24) is 24.9 Å². The molecule has 0 spiro atoms. The number of methoxy groups -OCH3 is 1. The first-order valence-electron chi connectivity index (χ1n) is 24.0. The van der Waals surface area contributed by atoms with Gasteiger partial charge in [-0.1, -0.05) is 20.8 Å². The van der Waals surface area contributed by atoms with E-state index >= 15 is 0 Å². The first kappa shape index (κ1) is 58.0. The number of rotatable bonds is 13. The van der Waals surface area contributed by atoms with Crippen LogP contribution in [-0.2, 0) is 51.2 Å². The van der Waals surface area contributed by atoms with Crippen LogP contribution in [0, 0.1) is 17.8 Å². The number of cyclic esters (lactones) is 1. The van der Waals surface area contributed by atoms with Gasteiger partial charge in [0.1, 0.15) is 30.0 Å². The van der Waals surface area contributed by atoms with Gasteiger partial charge in [-0.3, -0.25) is 14.3 Å². The molecule has 18 atom stereocenters. The fourth-order valence-electron chi connectivity index (χ4n) is 10.4. The lowest BCUT2D eigenvalue weighted by Gasteiger charge is -2.49. The Morgan fingerprint density at radius 2 is 1.65 bits per heavy atom. The number of ether oxygens (including phenoxy) is 7. The highest BCUT2D eigenvalue weighted by Gasteiger charge is 2.53. The Kier molecular flexibility index (Phi) is 19.9. The number of hydrogen-bond acceptors (Lipinski definition) is 16. The second-order valence-electron chi connectivity index (χ2n) is 20.7. The Balaban J connectivity index is 1.75. The minimum absolute atomic E-state index is 0.0220. The van der Waals surface area contributed by atoms with Gasteiger partial charge in [0.15, 0.2) is 18.3 Å². The van der Waals surface area contributed by atoms with Gasteiger partial charge in [0, 0.05) is 64.5 Å². The van der Waals surface area contributed by atoms with Crippen molar-refractivity contribution >= 4 is 11.9 Å². The number of carbonyl (C=O) groups excluding carboxylic acids is 2. The number of halogens is 3. The molecule has 394 valence electrons. The van der Waals surface area contributed by atoms with Gasteiger partial charge in [-0.15, -0.1) is 0 Å². The third kappa shape index (κ3) is 13.7. The summed E-state index contributed by atoms with van der Waals surface area (Å²) in [6, 6.07) is -0.897. The number of aliphatic hydroxyl groups is 4. The molecule has 0 unspecified atom stereocenters. The maximum Gasteiger partial charge on any atom is 0.435 e. The molecule has 1 amide bonds. The minimum Gasteiger partial charge on any atom is -0.459 e. The molecule has 3 saturated heterocycles.